The third kappa shape index (κ3) is 5.85. The number of carbonyl (C=O) groups excluding carboxylic acids is 1. The highest BCUT2D eigenvalue weighted by molar-refractivity contribution is 6.29. The number of nitrogens with one attached hydrogen (secondary N) is 1. The van der Waals surface area contributed by atoms with Gasteiger partial charge in [-0.15, -0.1) is 0 Å². The summed E-state index contributed by atoms with van der Waals surface area (Å²) >= 11 is 5.79. The molecule has 104 valence electrons. The number of rotatable bonds is 6. The smallest absolute Gasteiger partial charge is 0.234 e. The highest BCUT2D eigenvalue weighted by Gasteiger charge is 2.19. The summed E-state index contributed by atoms with van der Waals surface area (Å²) in [6.07, 6.45) is 0.970. The fourth-order valence-electron chi connectivity index (χ4n) is 1.97. The largest absolute Gasteiger partial charge is 0.353 e. The third-order valence-electron chi connectivity index (χ3n) is 3.25. The van der Waals surface area contributed by atoms with Crippen molar-refractivity contribution >= 4 is 17.5 Å². The average molecular weight is 274 g/mol. The van der Waals surface area contributed by atoms with Crippen molar-refractivity contribution in [3.63, 3.8) is 0 Å². The van der Waals surface area contributed by atoms with Crippen LogP contribution >= 0.6 is 11.6 Å². The molecular weight excluding hydrogens is 250 g/mol. The molecule has 18 heavy (non-hydrogen) atoms. The van der Waals surface area contributed by atoms with Crippen LogP contribution in [0.5, 0.6) is 0 Å². The Morgan fingerprint density at radius 2 is 1.78 bits per heavy atom. The van der Waals surface area contributed by atoms with Crippen molar-refractivity contribution in [2.45, 2.75) is 26.3 Å². The molecule has 4 nitrogen and oxygen atoms in total. The summed E-state index contributed by atoms with van der Waals surface area (Å²) in [5, 5.41) is 3.67. The van der Waals surface area contributed by atoms with Gasteiger partial charge < -0.3 is 5.32 Å². The molecule has 0 bridgehead atoms. The minimum Gasteiger partial charge on any atom is -0.353 e. The second-order valence-corrected chi connectivity index (χ2v) is 5.48. The van der Waals surface area contributed by atoms with Gasteiger partial charge >= 0.3 is 0 Å². The Balaban J connectivity index is 2.22. The summed E-state index contributed by atoms with van der Waals surface area (Å²) in [6, 6.07) is 0.262. The van der Waals surface area contributed by atoms with E-state index in [1.165, 1.54) is 0 Å². The SMILES string of the molecule is C=C(Cl)CN1CCN(CC(=O)NC(C)CC)CC1. The third-order valence-corrected chi connectivity index (χ3v) is 3.37. The van der Waals surface area contributed by atoms with Crippen LogP contribution in [0.25, 0.3) is 0 Å². The van der Waals surface area contributed by atoms with Gasteiger partial charge in [-0.3, -0.25) is 14.6 Å². The van der Waals surface area contributed by atoms with Crippen molar-refractivity contribution < 1.29 is 4.79 Å². The Bertz CT molecular complexity index is 288. The number of hydrogen-bond donors (Lipinski definition) is 1. The molecule has 5 heteroatoms. The summed E-state index contributed by atoms with van der Waals surface area (Å²) in [6.45, 7) is 12.8. The lowest BCUT2D eigenvalue weighted by molar-refractivity contribution is -0.123. The van der Waals surface area contributed by atoms with Crippen LogP contribution in [0.2, 0.25) is 0 Å². The number of amides is 1. The normalized spacial score (nSPS) is 19.5. The first-order chi connectivity index (χ1) is 8.51. The summed E-state index contributed by atoms with van der Waals surface area (Å²) in [5.41, 5.74) is 0. The van der Waals surface area contributed by atoms with E-state index in [0.29, 0.717) is 11.6 Å². The molecule has 0 spiro atoms. The van der Waals surface area contributed by atoms with Gasteiger partial charge in [0.05, 0.1) is 6.54 Å². The van der Waals surface area contributed by atoms with Gasteiger partial charge in [0.15, 0.2) is 0 Å². The Labute approximate surface area is 115 Å². The van der Waals surface area contributed by atoms with Crippen molar-refractivity contribution in [3.8, 4) is 0 Å². The predicted octanol–water partition coefficient (Wildman–Crippen LogP) is 1.27. The van der Waals surface area contributed by atoms with E-state index < -0.39 is 0 Å². The fraction of sp³-hybridized carbons (Fsp3) is 0.769. The Morgan fingerprint density at radius 3 is 2.22 bits per heavy atom. The highest BCUT2D eigenvalue weighted by atomic mass is 35.5. The second kappa shape index (κ2) is 7.77. The number of hydrogen-bond acceptors (Lipinski definition) is 3. The fourth-order valence-corrected chi connectivity index (χ4v) is 2.14. The van der Waals surface area contributed by atoms with Gasteiger partial charge in [-0.2, -0.15) is 0 Å². The lowest BCUT2D eigenvalue weighted by atomic mass is 10.2. The maximum atomic E-state index is 11.7. The van der Waals surface area contributed by atoms with Crippen LogP contribution in [-0.4, -0.2) is 61.0 Å². The van der Waals surface area contributed by atoms with Crippen LogP contribution in [-0.2, 0) is 4.79 Å². The van der Waals surface area contributed by atoms with Gasteiger partial charge in [-0.1, -0.05) is 25.1 Å². The van der Waals surface area contributed by atoms with E-state index >= 15 is 0 Å². The van der Waals surface area contributed by atoms with E-state index in [0.717, 1.165) is 39.1 Å². The molecule has 0 aromatic heterocycles. The quantitative estimate of drug-likeness (QED) is 0.792. The monoisotopic (exact) mass is 273 g/mol. The van der Waals surface area contributed by atoms with Crippen LogP contribution in [0.15, 0.2) is 11.6 Å². The molecular formula is C13H24ClN3O. The molecule has 0 radical (unpaired) electrons. The second-order valence-electron chi connectivity index (χ2n) is 4.95. The summed E-state index contributed by atoms with van der Waals surface area (Å²) < 4.78 is 0. The maximum absolute atomic E-state index is 11.7. The standard InChI is InChI=1S/C13H24ClN3O/c1-4-12(3)15-13(18)10-17-7-5-16(6-8-17)9-11(2)14/h12H,2,4-10H2,1,3H3,(H,15,18). The number of piperazine rings is 1. The predicted molar refractivity (Wildman–Crippen MR) is 75.8 cm³/mol. The molecule has 1 atom stereocenters. The lowest BCUT2D eigenvalue weighted by Gasteiger charge is -2.34. The average Bonchev–Trinajstić information content (AvgIpc) is 2.30. The van der Waals surface area contributed by atoms with Gasteiger partial charge in [-0.05, 0) is 13.3 Å². The maximum Gasteiger partial charge on any atom is 0.234 e. The molecule has 1 saturated heterocycles. The molecule has 1 amide bonds. The minimum absolute atomic E-state index is 0.125. The zero-order chi connectivity index (χ0) is 13.5. The zero-order valence-electron chi connectivity index (χ0n) is 11.4. The molecule has 0 aromatic carbocycles. The van der Waals surface area contributed by atoms with Crippen LogP contribution in [0.4, 0.5) is 0 Å². The molecule has 0 aromatic rings. The van der Waals surface area contributed by atoms with Crippen molar-refractivity contribution in [2.24, 2.45) is 0 Å². The molecule has 1 N–H and O–H groups in total. The van der Waals surface area contributed by atoms with E-state index in [-0.39, 0.29) is 11.9 Å². The molecule has 1 fully saturated rings. The highest BCUT2D eigenvalue weighted by Crippen LogP contribution is 2.06. The van der Waals surface area contributed by atoms with Gasteiger partial charge in [0.1, 0.15) is 0 Å². The Hall–Kier alpha value is -0.580. The summed E-state index contributed by atoms with van der Waals surface area (Å²) in [4.78, 5) is 16.2. The Kier molecular flexibility index (Phi) is 6.68. The van der Waals surface area contributed by atoms with Crippen LogP contribution in [0, 0.1) is 0 Å². The molecule has 1 unspecified atom stereocenters. The van der Waals surface area contributed by atoms with Crippen molar-refractivity contribution in [3.05, 3.63) is 11.6 Å². The van der Waals surface area contributed by atoms with E-state index in [1.807, 2.05) is 6.92 Å². The number of halogens is 1. The van der Waals surface area contributed by atoms with Crippen molar-refractivity contribution in [1.82, 2.24) is 15.1 Å². The lowest BCUT2D eigenvalue weighted by Crippen LogP contribution is -2.50. The van der Waals surface area contributed by atoms with Crippen molar-refractivity contribution in [2.75, 3.05) is 39.3 Å². The molecule has 1 rings (SSSR count). The van der Waals surface area contributed by atoms with Gasteiger partial charge in [0.2, 0.25) is 5.91 Å². The zero-order valence-corrected chi connectivity index (χ0v) is 12.2. The molecule has 0 saturated carbocycles. The molecule has 1 heterocycles. The van der Waals surface area contributed by atoms with Gasteiger partial charge in [0, 0.05) is 43.8 Å². The van der Waals surface area contributed by atoms with Crippen molar-refractivity contribution in [1.29, 1.82) is 0 Å². The number of nitrogens with zero attached hydrogens (tertiary/aromatic N) is 2. The minimum atomic E-state index is 0.125. The van der Waals surface area contributed by atoms with Crippen LogP contribution < -0.4 is 5.32 Å². The van der Waals surface area contributed by atoms with Gasteiger partial charge in [0.25, 0.3) is 0 Å². The first-order valence-electron chi connectivity index (χ1n) is 6.58. The van der Waals surface area contributed by atoms with Crippen LogP contribution in [0.3, 0.4) is 0 Å². The van der Waals surface area contributed by atoms with E-state index in [4.69, 9.17) is 11.6 Å². The first kappa shape index (κ1) is 15.5. The topological polar surface area (TPSA) is 35.6 Å². The summed E-state index contributed by atoms with van der Waals surface area (Å²) in [5.74, 6) is 0.125. The molecule has 1 aliphatic heterocycles. The molecule has 1 aliphatic rings. The van der Waals surface area contributed by atoms with E-state index in [9.17, 15) is 4.79 Å². The van der Waals surface area contributed by atoms with E-state index in [2.05, 4.69) is 28.6 Å². The first-order valence-corrected chi connectivity index (χ1v) is 6.96. The Morgan fingerprint density at radius 1 is 1.28 bits per heavy atom. The van der Waals surface area contributed by atoms with Gasteiger partial charge in [-0.25, -0.2) is 0 Å². The molecule has 0 aliphatic carbocycles. The number of carbonyl (C=O) groups is 1. The van der Waals surface area contributed by atoms with E-state index in [1.54, 1.807) is 0 Å². The van der Waals surface area contributed by atoms with Crippen LogP contribution in [0.1, 0.15) is 20.3 Å². The summed E-state index contributed by atoms with van der Waals surface area (Å²) in [7, 11) is 0.